The molecule has 0 radical (unpaired) electrons. The molecule has 1 atom stereocenters. The molecule has 2 rings (SSSR count). The highest BCUT2D eigenvalue weighted by atomic mass is 16.5. The van der Waals surface area contributed by atoms with Crippen LogP contribution in [0, 0.1) is 0 Å². The van der Waals surface area contributed by atoms with Crippen LogP contribution in [0.2, 0.25) is 0 Å². The lowest BCUT2D eigenvalue weighted by atomic mass is 10.2. The smallest absolute Gasteiger partial charge is 0.216 e. The fourth-order valence-corrected chi connectivity index (χ4v) is 1.52. The number of methoxy groups -OCH3 is 1. The molecule has 0 saturated carbocycles. The van der Waals surface area contributed by atoms with E-state index >= 15 is 0 Å². The van der Waals surface area contributed by atoms with Gasteiger partial charge in [-0.3, -0.25) is 0 Å². The van der Waals surface area contributed by atoms with Crippen LogP contribution in [0.3, 0.4) is 0 Å². The molecular formula is C12H15NO2. The van der Waals surface area contributed by atoms with Gasteiger partial charge in [-0.05, 0) is 30.7 Å². The number of benzene rings is 1. The second-order valence-corrected chi connectivity index (χ2v) is 3.54. The molecule has 0 aromatic heterocycles. The maximum atomic E-state index is 5.53. The predicted octanol–water partition coefficient (Wildman–Crippen LogP) is 2.25. The van der Waals surface area contributed by atoms with Gasteiger partial charge in [-0.2, -0.15) is 0 Å². The predicted molar refractivity (Wildman–Crippen MR) is 59.6 cm³/mol. The Labute approximate surface area is 89.7 Å². The fourth-order valence-electron chi connectivity index (χ4n) is 1.52. The lowest BCUT2D eigenvalue weighted by molar-refractivity contribution is 0.315. The molecule has 0 amide bonds. The second kappa shape index (κ2) is 4.34. The molecule has 0 N–H and O–H groups in total. The third-order valence-corrected chi connectivity index (χ3v) is 2.52. The summed E-state index contributed by atoms with van der Waals surface area (Å²) >= 11 is 0. The molecule has 0 bridgehead atoms. The van der Waals surface area contributed by atoms with Crippen molar-refractivity contribution >= 4 is 5.90 Å². The maximum Gasteiger partial charge on any atom is 0.216 e. The van der Waals surface area contributed by atoms with Crippen LogP contribution in [0.5, 0.6) is 5.75 Å². The zero-order chi connectivity index (χ0) is 10.7. The van der Waals surface area contributed by atoms with E-state index in [1.54, 1.807) is 7.11 Å². The molecule has 3 heteroatoms. The first-order valence-corrected chi connectivity index (χ1v) is 5.18. The number of aliphatic imine (C=N–C) groups is 1. The SMILES string of the molecule is CC[C@H]1COC(c2ccc(OC)cc2)=N1. The molecule has 0 spiro atoms. The monoisotopic (exact) mass is 205 g/mol. The minimum absolute atomic E-state index is 0.321. The van der Waals surface area contributed by atoms with Crippen molar-refractivity contribution in [1.82, 2.24) is 0 Å². The molecule has 1 aromatic carbocycles. The van der Waals surface area contributed by atoms with E-state index in [2.05, 4.69) is 11.9 Å². The summed E-state index contributed by atoms with van der Waals surface area (Å²) in [6.07, 6.45) is 1.03. The van der Waals surface area contributed by atoms with Crippen LogP contribution in [-0.4, -0.2) is 25.7 Å². The number of rotatable bonds is 3. The second-order valence-electron chi connectivity index (χ2n) is 3.54. The molecule has 0 saturated heterocycles. The van der Waals surface area contributed by atoms with Gasteiger partial charge in [-0.15, -0.1) is 0 Å². The van der Waals surface area contributed by atoms with Gasteiger partial charge < -0.3 is 9.47 Å². The Morgan fingerprint density at radius 3 is 2.67 bits per heavy atom. The lowest BCUT2D eigenvalue weighted by Crippen LogP contribution is -2.03. The zero-order valence-electron chi connectivity index (χ0n) is 9.06. The highest BCUT2D eigenvalue weighted by Crippen LogP contribution is 2.17. The average Bonchev–Trinajstić information content (AvgIpc) is 2.78. The number of nitrogens with zero attached hydrogens (tertiary/aromatic N) is 1. The summed E-state index contributed by atoms with van der Waals surface area (Å²) < 4.78 is 10.6. The summed E-state index contributed by atoms with van der Waals surface area (Å²) in [7, 11) is 1.66. The highest BCUT2D eigenvalue weighted by molar-refractivity contribution is 5.95. The first-order chi connectivity index (χ1) is 7.33. The molecular weight excluding hydrogens is 190 g/mol. The van der Waals surface area contributed by atoms with E-state index in [-0.39, 0.29) is 0 Å². The van der Waals surface area contributed by atoms with Crippen molar-refractivity contribution in [3.05, 3.63) is 29.8 Å². The molecule has 1 aliphatic heterocycles. The van der Waals surface area contributed by atoms with E-state index < -0.39 is 0 Å². The van der Waals surface area contributed by atoms with Gasteiger partial charge in [0.25, 0.3) is 0 Å². The molecule has 1 aromatic rings. The fraction of sp³-hybridized carbons (Fsp3) is 0.417. The van der Waals surface area contributed by atoms with Crippen molar-refractivity contribution < 1.29 is 9.47 Å². The van der Waals surface area contributed by atoms with Crippen molar-refractivity contribution in [3.8, 4) is 5.75 Å². The number of hydrogen-bond acceptors (Lipinski definition) is 3. The van der Waals surface area contributed by atoms with Gasteiger partial charge in [0.2, 0.25) is 5.90 Å². The van der Waals surface area contributed by atoms with Crippen molar-refractivity contribution in [2.24, 2.45) is 4.99 Å². The van der Waals surface area contributed by atoms with Crippen LogP contribution in [0.1, 0.15) is 18.9 Å². The van der Waals surface area contributed by atoms with Crippen LogP contribution in [0.4, 0.5) is 0 Å². The van der Waals surface area contributed by atoms with Crippen molar-refractivity contribution in [3.63, 3.8) is 0 Å². The van der Waals surface area contributed by atoms with E-state index in [9.17, 15) is 0 Å². The average molecular weight is 205 g/mol. The quantitative estimate of drug-likeness (QED) is 0.757. The van der Waals surface area contributed by atoms with E-state index in [1.165, 1.54) is 0 Å². The summed E-state index contributed by atoms with van der Waals surface area (Å²) in [5.41, 5.74) is 1.02. The van der Waals surface area contributed by atoms with E-state index in [0.29, 0.717) is 12.6 Å². The first-order valence-electron chi connectivity index (χ1n) is 5.18. The van der Waals surface area contributed by atoms with Crippen LogP contribution < -0.4 is 4.74 Å². The molecule has 0 unspecified atom stereocenters. The largest absolute Gasteiger partial charge is 0.497 e. The van der Waals surface area contributed by atoms with Gasteiger partial charge in [-0.1, -0.05) is 6.92 Å². The van der Waals surface area contributed by atoms with Crippen LogP contribution >= 0.6 is 0 Å². The Bertz CT molecular complexity index is 356. The standard InChI is InChI=1S/C12H15NO2/c1-3-10-8-15-12(13-10)9-4-6-11(14-2)7-5-9/h4-7,10H,3,8H2,1-2H3/t10-/m0/s1. The maximum absolute atomic E-state index is 5.53. The van der Waals surface area contributed by atoms with E-state index in [1.807, 2.05) is 24.3 Å². The van der Waals surface area contributed by atoms with E-state index in [0.717, 1.165) is 23.6 Å². The normalized spacial score (nSPS) is 19.6. The molecule has 3 nitrogen and oxygen atoms in total. The van der Waals surface area contributed by atoms with Gasteiger partial charge >= 0.3 is 0 Å². The minimum atomic E-state index is 0.321. The topological polar surface area (TPSA) is 30.8 Å². The minimum Gasteiger partial charge on any atom is -0.497 e. The third kappa shape index (κ3) is 2.12. The summed E-state index contributed by atoms with van der Waals surface area (Å²) in [5, 5.41) is 0. The molecule has 15 heavy (non-hydrogen) atoms. The summed E-state index contributed by atoms with van der Waals surface area (Å²) in [5.74, 6) is 1.61. The Morgan fingerprint density at radius 2 is 2.13 bits per heavy atom. The first kappa shape index (κ1) is 10.0. The summed E-state index contributed by atoms with van der Waals surface area (Å²) in [4.78, 5) is 4.49. The van der Waals surface area contributed by atoms with Crippen molar-refractivity contribution in [2.75, 3.05) is 13.7 Å². The summed E-state index contributed by atoms with van der Waals surface area (Å²) in [6.45, 7) is 2.83. The highest BCUT2D eigenvalue weighted by Gasteiger charge is 2.17. The van der Waals surface area contributed by atoms with Crippen LogP contribution in [0.15, 0.2) is 29.3 Å². The Kier molecular flexibility index (Phi) is 2.90. The van der Waals surface area contributed by atoms with Crippen LogP contribution in [0.25, 0.3) is 0 Å². The Hall–Kier alpha value is -1.51. The van der Waals surface area contributed by atoms with Crippen molar-refractivity contribution in [1.29, 1.82) is 0 Å². The number of hydrogen-bond donors (Lipinski definition) is 0. The molecule has 0 fully saturated rings. The molecule has 1 aliphatic rings. The van der Waals surface area contributed by atoms with Gasteiger partial charge in [-0.25, -0.2) is 4.99 Å². The lowest BCUT2D eigenvalue weighted by Gasteiger charge is -2.02. The Balaban J connectivity index is 2.16. The Morgan fingerprint density at radius 1 is 1.40 bits per heavy atom. The van der Waals surface area contributed by atoms with Crippen LogP contribution in [-0.2, 0) is 4.74 Å². The van der Waals surface area contributed by atoms with Gasteiger partial charge in [0, 0.05) is 5.56 Å². The molecule has 1 heterocycles. The van der Waals surface area contributed by atoms with Gasteiger partial charge in [0.1, 0.15) is 12.4 Å². The zero-order valence-corrected chi connectivity index (χ0v) is 9.06. The van der Waals surface area contributed by atoms with Gasteiger partial charge in [0.15, 0.2) is 0 Å². The number of ether oxygens (including phenoxy) is 2. The van der Waals surface area contributed by atoms with E-state index in [4.69, 9.17) is 9.47 Å². The molecule has 80 valence electrons. The van der Waals surface area contributed by atoms with Gasteiger partial charge in [0.05, 0.1) is 13.2 Å². The summed E-state index contributed by atoms with van der Waals surface area (Å²) in [6, 6.07) is 8.09. The van der Waals surface area contributed by atoms with Crippen molar-refractivity contribution in [2.45, 2.75) is 19.4 Å². The third-order valence-electron chi connectivity index (χ3n) is 2.52. The molecule has 0 aliphatic carbocycles.